The van der Waals surface area contributed by atoms with Gasteiger partial charge in [0, 0.05) is 19.3 Å². The van der Waals surface area contributed by atoms with E-state index in [4.69, 9.17) is 4.74 Å². The quantitative estimate of drug-likeness (QED) is 0.808. The minimum Gasteiger partial charge on any atom is -0.444 e. The summed E-state index contributed by atoms with van der Waals surface area (Å²) in [6.45, 7) is 7.04. The molecule has 1 rings (SSSR count). The van der Waals surface area contributed by atoms with Gasteiger partial charge in [-0.3, -0.25) is 9.89 Å². The second kappa shape index (κ2) is 6.43. The molecule has 0 fully saturated rings. The van der Waals surface area contributed by atoms with Gasteiger partial charge in [-0.15, -0.1) is 0 Å². The molecule has 0 spiro atoms. The number of aliphatic imine (C=N–C) groups is 1. The zero-order valence-electron chi connectivity index (χ0n) is 12.5. The van der Waals surface area contributed by atoms with Crippen molar-refractivity contribution >= 4 is 21.8 Å². The number of sulfone groups is 1. The van der Waals surface area contributed by atoms with Gasteiger partial charge < -0.3 is 10.1 Å². The molecule has 0 unspecified atom stereocenters. The summed E-state index contributed by atoms with van der Waals surface area (Å²) in [6, 6.07) is 0. The van der Waals surface area contributed by atoms with Crippen LogP contribution in [0.3, 0.4) is 0 Å². The summed E-state index contributed by atoms with van der Waals surface area (Å²) in [7, 11) is -3.00. The van der Waals surface area contributed by atoms with Crippen LogP contribution in [-0.4, -0.2) is 69.0 Å². The molecule has 0 saturated heterocycles. The molecule has 0 saturated carbocycles. The van der Waals surface area contributed by atoms with E-state index in [0.717, 1.165) is 0 Å². The highest BCUT2D eigenvalue weighted by Gasteiger charge is 2.24. The van der Waals surface area contributed by atoms with E-state index in [1.807, 2.05) is 20.8 Å². The van der Waals surface area contributed by atoms with Crippen LogP contribution in [0.25, 0.3) is 0 Å². The molecule has 1 aliphatic rings. The molecule has 8 heteroatoms. The van der Waals surface area contributed by atoms with Crippen molar-refractivity contribution in [2.24, 2.45) is 4.99 Å². The molecule has 0 aromatic rings. The summed E-state index contributed by atoms with van der Waals surface area (Å²) in [4.78, 5) is 17.7. The third kappa shape index (κ3) is 6.74. The van der Waals surface area contributed by atoms with Crippen molar-refractivity contribution in [3.63, 3.8) is 0 Å². The topological polar surface area (TPSA) is 88.1 Å². The van der Waals surface area contributed by atoms with Gasteiger partial charge in [-0.1, -0.05) is 0 Å². The largest absolute Gasteiger partial charge is 0.444 e. The number of amidine groups is 1. The third-order valence-corrected chi connectivity index (χ3v) is 3.41. The average molecular weight is 305 g/mol. The van der Waals surface area contributed by atoms with Crippen LogP contribution >= 0.6 is 0 Å². The number of rotatable bonds is 3. The summed E-state index contributed by atoms with van der Waals surface area (Å²) in [5, 5.41) is 2.95. The number of hydrogen-bond donors (Lipinski definition) is 1. The zero-order valence-corrected chi connectivity index (χ0v) is 13.3. The third-order valence-electron chi connectivity index (χ3n) is 2.47. The molecule has 1 amide bonds. The fraction of sp³-hybridized carbons (Fsp3) is 0.833. The van der Waals surface area contributed by atoms with Crippen LogP contribution in [0.4, 0.5) is 4.79 Å². The van der Waals surface area contributed by atoms with Crippen LogP contribution in [0.15, 0.2) is 4.99 Å². The highest BCUT2D eigenvalue weighted by atomic mass is 32.2. The minimum atomic E-state index is -3.00. The summed E-state index contributed by atoms with van der Waals surface area (Å²) in [5.74, 6) is 0.657. The first-order valence-electron chi connectivity index (χ1n) is 6.50. The van der Waals surface area contributed by atoms with E-state index in [1.54, 1.807) is 4.90 Å². The maximum absolute atomic E-state index is 11.9. The first kappa shape index (κ1) is 16.7. The van der Waals surface area contributed by atoms with Crippen LogP contribution in [0, 0.1) is 0 Å². The van der Waals surface area contributed by atoms with Gasteiger partial charge in [0.2, 0.25) is 0 Å². The molecular formula is C12H23N3O4S. The van der Waals surface area contributed by atoms with Gasteiger partial charge in [0.05, 0.1) is 18.8 Å². The van der Waals surface area contributed by atoms with E-state index in [1.165, 1.54) is 6.26 Å². The average Bonchev–Trinajstić information content (AvgIpc) is 2.25. The Morgan fingerprint density at radius 1 is 1.45 bits per heavy atom. The monoisotopic (exact) mass is 305 g/mol. The number of carbonyl (C=O) groups excluding carboxylic acids is 1. The second-order valence-corrected chi connectivity index (χ2v) is 8.05. The number of ether oxygens (including phenoxy) is 1. The Kier molecular flexibility index (Phi) is 5.38. The lowest BCUT2D eigenvalue weighted by Crippen LogP contribution is -2.47. The van der Waals surface area contributed by atoms with Crippen molar-refractivity contribution in [3.8, 4) is 0 Å². The molecule has 0 aromatic heterocycles. The van der Waals surface area contributed by atoms with Gasteiger partial charge in [-0.05, 0) is 20.8 Å². The van der Waals surface area contributed by atoms with E-state index in [-0.39, 0.29) is 11.8 Å². The highest BCUT2D eigenvalue weighted by Crippen LogP contribution is 2.10. The molecule has 20 heavy (non-hydrogen) atoms. The highest BCUT2D eigenvalue weighted by molar-refractivity contribution is 7.90. The molecule has 7 nitrogen and oxygen atoms in total. The lowest BCUT2D eigenvalue weighted by atomic mass is 10.2. The Labute approximate surface area is 120 Å². The van der Waals surface area contributed by atoms with Gasteiger partial charge in [-0.2, -0.15) is 0 Å². The molecule has 116 valence electrons. The van der Waals surface area contributed by atoms with Crippen LogP contribution in [0.2, 0.25) is 0 Å². The van der Waals surface area contributed by atoms with Crippen molar-refractivity contribution in [1.82, 2.24) is 10.2 Å². The van der Waals surface area contributed by atoms with E-state index in [2.05, 4.69) is 10.3 Å². The molecule has 1 N–H and O–H groups in total. The van der Waals surface area contributed by atoms with Crippen molar-refractivity contribution in [3.05, 3.63) is 0 Å². The van der Waals surface area contributed by atoms with E-state index in [9.17, 15) is 13.2 Å². The van der Waals surface area contributed by atoms with Crippen LogP contribution in [-0.2, 0) is 14.6 Å². The first-order valence-corrected chi connectivity index (χ1v) is 8.56. The Bertz CT molecular complexity index is 479. The van der Waals surface area contributed by atoms with Gasteiger partial charge >= 0.3 is 6.09 Å². The maximum atomic E-state index is 11.9. The van der Waals surface area contributed by atoms with Crippen LogP contribution < -0.4 is 5.32 Å². The predicted molar refractivity (Wildman–Crippen MR) is 77.8 cm³/mol. The van der Waals surface area contributed by atoms with Gasteiger partial charge in [-0.25, -0.2) is 13.2 Å². The molecule has 1 heterocycles. The van der Waals surface area contributed by atoms with Crippen molar-refractivity contribution in [2.75, 3.05) is 38.2 Å². The van der Waals surface area contributed by atoms with E-state index >= 15 is 0 Å². The Hall–Kier alpha value is -1.31. The van der Waals surface area contributed by atoms with Crippen LogP contribution in [0.5, 0.6) is 0 Å². The smallest absolute Gasteiger partial charge is 0.410 e. The molecule has 0 bridgehead atoms. The SMILES string of the molecule is CC(C)(C)OC(=O)N1CCN=C(NCCS(C)(=O)=O)C1. The van der Waals surface area contributed by atoms with E-state index < -0.39 is 15.4 Å². The molecule has 0 atom stereocenters. The normalized spacial score (nSPS) is 16.6. The molecule has 0 aliphatic carbocycles. The standard InChI is InChI=1S/C12H23N3O4S/c1-12(2,3)19-11(16)15-7-5-13-10(9-15)14-6-8-20(4,17)18/h5-9H2,1-4H3,(H,13,14). The summed E-state index contributed by atoms with van der Waals surface area (Å²) in [6.07, 6.45) is 0.805. The van der Waals surface area contributed by atoms with Crippen molar-refractivity contribution < 1.29 is 17.9 Å². The zero-order chi connectivity index (χ0) is 15.4. The minimum absolute atomic E-state index is 0.0401. The van der Waals surface area contributed by atoms with Crippen molar-refractivity contribution in [1.29, 1.82) is 0 Å². The molecule has 0 radical (unpaired) electrons. The lowest BCUT2D eigenvalue weighted by molar-refractivity contribution is 0.0276. The summed E-state index contributed by atoms with van der Waals surface area (Å²) in [5.41, 5.74) is -0.532. The van der Waals surface area contributed by atoms with Gasteiger partial charge in [0.25, 0.3) is 0 Å². The fourth-order valence-corrected chi connectivity index (χ4v) is 2.06. The van der Waals surface area contributed by atoms with Crippen LogP contribution in [0.1, 0.15) is 20.8 Å². The number of carbonyl (C=O) groups is 1. The Balaban J connectivity index is 2.46. The van der Waals surface area contributed by atoms with E-state index in [0.29, 0.717) is 32.0 Å². The maximum Gasteiger partial charge on any atom is 0.410 e. The predicted octanol–water partition coefficient (Wildman–Crippen LogP) is 0.270. The van der Waals surface area contributed by atoms with Gasteiger partial charge in [0.15, 0.2) is 0 Å². The lowest BCUT2D eigenvalue weighted by Gasteiger charge is -2.29. The number of nitrogens with one attached hydrogen (secondary N) is 1. The summed E-state index contributed by atoms with van der Waals surface area (Å²) < 4.78 is 27.4. The summed E-state index contributed by atoms with van der Waals surface area (Å²) >= 11 is 0. The van der Waals surface area contributed by atoms with Gasteiger partial charge in [0.1, 0.15) is 21.3 Å². The molecule has 0 aromatic carbocycles. The van der Waals surface area contributed by atoms with Crippen molar-refractivity contribution in [2.45, 2.75) is 26.4 Å². The number of nitrogens with zero attached hydrogens (tertiary/aromatic N) is 2. The first-order chi connectivity index (χ1) is 9.07. The fourth-order valence-electron chi connectivity index (χ4n) is 1.59. The molecular weight excluding hydrogens is 282 g/mol. The molecule has 1 aliphatic heterocycles. The Morgan fingerprint density at radius 2 is 2.10 bits per heavy atom. The number of hydrogen-bond acceptors (Lipinski definition) is 6. The Morgan fingerprint density at radius 3 is 2.65 bits per heavy atom. The second-order valence-electron chi connectivity index (χ2n) is 5.79. The number of amides is 1.